The van der Waals surface area contributed by atoms with Gasteiger partial charge in [-0.25, -0.2) is 9.59 Å². The van der Waals surface area contributed by atoms with Crippen molar-refractivity contribution in [3.05, 3.63) is 36.0 Å². The second kappa shape index (κ2) is 9.45. The lowest BCUT2D eigenvalue weighted by Crippen LogP contribution is -2.68. The molecule has 0 radical (unpaired) electrons. The van der Waals surface area contributed by atoms with Gasteiger partial charge in [0.2, 0.25) is 0 Å². The molecule has 3 N–H and O–H groups in total. The molecule has 11 heteroatoms. The van der Waals surface area contributed by atoms with Crippen molar-refractivity contribution in [2.45, 2.75) is 101 Å². The number of allylic oxidation sites excluding steroid dienone is 2. The molecule has 220 valence electrons. The number of carbonyl (C=O) groups is 2. The van der Waals surface area contributed by atoms with Crippen LogP contribution in [0.4, 0.5) is 0 Å². The number of cyclic esters (lactones) is 1. The Morgan fingerprint density at radius 1 is 1.10 bits per heavy atom. The average Bonchev–Trinajstić information content (AvgIpc) is 3.81. The van der Waals surface area contributed by atoms with E-state index >= 15 is 0 Å². The molecule has 4 heterocycles. The largest absolute Gasteiger partial charge is 0.463 e. The van der Waals surface area contributed by atoms with Gasteiger partial charge in [-0.15, -0.1) is 0 Å². The van der Waals surface area contributed by atoms with Crippen LogP contribution in [0.15, 0.2) is 36.0 Å². The Bertz CT molecular complexity index is 1160. The van der Waals surface area contributed by atoms with Crippen molar-refractivity contribution >= 4 is 11.9 Å². The van der Waals surface area contributed by atoms with E-state index in [9.17, 15) is 24.9 Å². The molecule has 0 aromatic heterocycles. The second-order valence-corrected chi connectivity index (χ2v) is 12.5. The van der Waals surface area contributed by atoms with E-state index in [0.717, 1.165) is 5.57 Å². The van der Waals surface area contributed by atoms with Crippen molar-refractivity contribution < 1.29 is 53.3 Å². The van der Waals surface area contributed by atoms with Crippen molar-refractivity contribution in [3.63, 3.8) is 0 Å². The van der Waals surface area contributed by atoms with Gasteiger partial charge in [-0.2, -0.15) is 0 Å². The van der Waals surface area contributed by atoms with Crippen LogP contribution in [0.1, 0.15) is 40.5 Å². The standard InChI is InChI=1S/C29H38O11/c1-15-9-21-28(11-17(15)31)13-36-25(34)24-26(3,40-24)19(32)12-35-18(16(2)30)7-5-6-8-23(33)39-20-10-22(38-21)29(14-37-29)27(20,28)4/h5-9,16-22,24,30-32H,10-14H2,1-4H3/b7-5+,8-6-/t16-,17+,18-,19+,20+,21+,22+,24+,26-,27+,28-,29+/m0/s1. The maximum absolute atomic E-state index is 13.3. The minimum atomic E-state index is -1.22. The van der Waals surface area contributed by atoms with Crippen LogP contribution >= 0.6 is 0 Å². The number of aliphatic hydroxyl groups excluding tert-OH is 3. The summed E-state index contributed by atoms with van der Waals surface area (Å²) in [6, 6.07) is 0. The van der Waals surface area contributed by atoms with Crippen LogP contribution in [-0.4, -0.2) is 107 Å². The summed E-state index contributed by atoms with van der Waals surface area (Å²) in [5.74, 6) is -1.23. The molecule has 3 saturated heterocycles. The molecule has 40 heavy (non-hydrogen) atoms. The quantitative estimate of drug-likeness (QED) is 0.232. The number of hydrogen-bond donors (Lipinski definition) is 3. The van der Waals surface area contributed by atoms with Gasteiger partial charge >= 0.3 is 11.9 Å². The fourth-order valence-electron chi connectivity index (χ4n) is 7.38. The fourth-order valence-corrected chi connectivity index (χ4v) is 7.38. The van der Waals surface area contributed by atoms with Gasteiger partial charge in [0.15, 0.2) is 6.10 Å². The fraction of sp³-hybridized carbons (Fsp3) is 0.724. The number of aliphatic hydroxyl groups is 3. The lowest BCUT2D eigenvalue weighted by molar-refractivity contribution is -0.239. The molecule has 11 nitrogen and oxygen atoms in total. The highest BCUT2D eigenvalue weighted by molar-refractivity contribution is 5.82. The molecule has 0 amide bonds. The minimum Gasteiger partial charge on any atom is -0.463 e. The SMILES string of the molecule is CC1=C[C@H]2O[C@@H]3C[C@H]4OC(=O)/C=C\C=C\[C@@H]([C@H](C)O)OC[C@@H](O)[C@]5(C)O[C@@H]5C(=O)OC[C@]2(C[C@H]1O)[C@]4(C)[C@@]31CO1. The summed E-state index contributed by atoms with van der Waals surface area (Å²) in [5, 5.41) is 31.9. The first-order valence-corrected chi connectivity index (χ1v) is 13.9. The highest BCUT2D eigenvalue weighted by Gasteiger charge is 2.83. The topological polar surface area (TPSA) is 157 Å². The first-order chi connectivity index (χ1) is 18.9. The van der Waals surface area contributed by atoms with Crippen molar-refractivity contribution in [1.29, 1.82) is 0 Å². The van der Waals surface area contributed by atoms with Crippen LogP contribution in [0.25, 0.3) is 0 Å². The number of ether oxygens (including phenoxy) is 6. The number of carbonyl (C=O) groups excluding carboxylic acids is 2. The Balaban J connectivity index is 1.38. The smallest absolute Gasteiger partial charge is 0.338 e. The Morgan fingerprint density at radius 2 is 1.85 bits per heavy atom. The number of esters is 2. The van der Waals surface area contributed by atoms with Crippen LogP contribution in [0.3, 0.4) is 0 Å². The normalized spacial score (nSPS) is 52.6. The molecular weight excluding hydrogens is 524 g/mol. The molecule has 4 aliphatic heterocycles. The van der Waals surface area contributed by atoms with E-state index in [2.05, 4.69) is 0 Å². The first-order valence-electron chi connectivity index (χ1n) is 13.9. The summed E-state index contributed by atoms with van der Waals surface area (Å²) in [4.78, 5) is 26.3. The van der Waals surface area contributed by atoms with Crippen molar-refractivity contribution in [2.75, 3.05) is 19.8 Å². The van der Waals surface area contributed by atoms with E-state index in [1.165, 1.54) is 12.2 Å². The van der Waals surface area contributed by atoms with Crippen LogP contribution in [0, 0.1) is 10.8 Å². The van der Waals surface area contributed by atoms with Crippen LogP contribution in [0.5, 0.6) is 0 Å². The molecule has 1 saturated carbocycles. The Morgan fingerprint density at radius 3 is 2.55 bits per heavy atom. The van der Waals surface area contributed by atoms with E-state index in [0.29, 0.717) is 13.0 Å². The van der Waals surface area contributed by atoms with Gasteiger partial charge in [-0.05, 0) is 32.8 Å². The van der Waals surface area contributed by atoms with Crippen molar-refractivity contribution in [1.82, 2.24) is 0 Å². The van der Waals surface area contributed by atoms with E-state index < -0.39 is 76.7 Å². The number of hydrogen-bond acceptors (Lipinski definition) is 11. The summed E-state index contributed by atoms with van der Waals surface area (Å²) in [7, 11) is 0. The molecule has 0 unspecified atom stereocenters. The first kappa shape index (κ1) is 28.0. The zero-order chi connectivity index (χ0) is 28.7. The van der Waals surface area contributed by atoms with Gasteiger partial charge in [-0.3, -0.25) is 0 Å². The molecule has 4 fully saturated rings. The van der Waals surface area contributed by atoms with Crippen molar-refractivity contribution in [3.8, 4) is 0 Å². The molecule has 12 atom stereocenters. The molecule has 0 aromatic carbocycles. The lowest BCUT2D eigenvalue weighted by Gasteiger charge is -2.58. The second-order valence-electron chi connectivity index (χ2n) is 12.5. The van der Waals surface area contributed by atoms with Crippen molar-refractivity contribution in [2.24, 2.45) is 10.8 Å². The molecule has 6 rings (SSSR count). The van der Waals surface area contributed by atoms with Gasteiger partial charge in [0.1, 0.15) is 36.1 Å². The van der Waals surface area contributed by atoms with E-state index in [1.807, 2.05) is 19.9 Å². The van der Waals surface area contributed by atoms with Gasteiger partial charge < -0.3 is 43.7 Å². The van der Waals surface area contributed by atoms with Crippen LogP contribution < -0.4 is 0 Å². The highest BCUT2D eigenvalue weighted by atomic mass is 16.7. The van der Waals surface area contributed by atoms with E-state index in [4.69, 9.17) is 28.4 Å². The zero-order valence-electron chi connectivity index (χ0n) is 23.1. The molecular formula is C29H38O11. The van der Waals surface area contributed by atoms with E-state index in [1.54, 1.807) is 26.0 Å². The van der Waals surface area contributed by atoms with E-state index in [-0.39, 0.29) is 25.7 Å². The third-order valence-electron chi connectivity index (χ3n) is 10.3. The third kappa shape index (κ3) is 3.97. The monoisotopic (exact) mass is 562 g/mol. The summed E-state index contributed by atoms with van der Waals surface area (Å²) in [6.07, 6.45) is 2.24. The number of fused-ring (bicyclic) bond motifs is 1. The highest BCUT2D eigenvalue weighted by Crippen LogP contribution is 2.72. The predicted molar refractivity (Wildman–Crippen MR) is 137 cm³/mol. The summed E-state index contributed by atoms with van der Waals surface area (Å²) in [6.45, 7) is 7.03. The Labute approximate surface area is 232 Å². The van der Waals surface area contributed by atoms with Gasteiger partial charge in [-0.1, -0.05) is 31.2 Å². The molecule has 2 bridgehead atoms. The maximum atomic E-state index is 13.3. The van der Waals surface area contributed by atoms with Crippen LogP contribution in [0.2, 0.25) is 0 Å². The summed E-state index contributed by atoms with van der Waals surface area (Å²) < 4.78 is 35.9. The molecule has 2 spiro atoms. The predicted octanol–water partition coefficient (Wildman–Crippen LogP) is 0.496. The molecule has 6 aliphatic rings. The van der Waals surface area contributed by atoms with Gasteiger partial charge in [0, 0.05) is 17.9 Å². The summed E-state index contributed by atoms with van der Waals surface area (Å²) >= 11 is 0. The average molecular weight is 563 g/mol. The Hall–Kier alpha value is -2.12. The zero-order valence-corrected chi connectivity index (χ0v) is 23.1. The number of epoxide rings is 2. The summed E-state index contributed by atoms with van der Waals surface area (Å²) in [5.41, 5.74) is -3.03. The minimum absolute atomic E-state index is 0.134. The molecule has 2 aliphatic carbocycles. The lowest BCUT2D eigenvalue weighted by atomic mass is 9.51. The number of rotatable bonds is 1. The van der Waals surface area contributed by atoms with Gasteiger partial charge in [0.25, 0.3) is 0 Å². The Kier molecular flexibility index (Phi) is 6.62. The molecule has 0 aromatic rings. The van der Waals surface area contributed by atoms with Crippen LogP contribution in [-0.2, 0) is 38.0 Å². The third-order valence-corrected chi connectivity index (χ3v) is 10.3. The van der Waals surface area contributed by atoms with Gasteiger partial charge in [0.05, 0.1) is 43.0 Å². The maximum Gasteiger partial charge on any atom is 0.338 e.